The van der Waals surface area contributed by atoms with Crippen molar-refractivity contribution in [2.75, 3.05) is 0 Å². The number of aliphatic hydroxyl groups is 1. The molecule has 0 amide bonds. The van der Waals surface area contributed by atoms with Gasteiger partial charge in [-0.1, -0.05) is 20.8 Å². The van der Waals surface area contributed by atoms with E-state index in [1.807, 2.05) is 11.3 Å². The standard InChI is InChI=1S/C16H26OS/c1-4-14-6-7-15(18-14)10-13-9-12(11(2)3)5-8-16(13)17/h6-7,11-13,16-17H,4-5,8-10H2,1-3H3. The van der Waals surface area contributed by atoms with Gasteiger partial charge in [0.15, 0.2) is 0 Å². The molecule has 1 saturated carbocycles. The molecule has 1 fully saturated rings. The topological polar surface area (TPSA) is 20.2 Å². The summed E-state index contributed by atoms with van der Waals surface area (Å²) in [4.78, 5) is 2.93. The fourth-order valence-electron chi connectivity index (χ4n) is 3.09. The molecule has 18 heavy (non-hydrogen) atoms. The summed E-state index contributed by atoms with van der Waals surface area (Å²) in [6.45, 7) is 6.85. The maximum atomic E-state index is 10.2. The van der Waals surface area contributed by atoms with Crippen LogP contribution in [-0.4, -0.2) is 11.2 Å². The maximum Gasteiger partial charge on any atom is 0.0572 e. The van der Waals surface area contributed by atoms with Crippen molar-refractivity contribution < 1.29 is 5.11 Å². The highest BCUT2D eigenvalue weighted by molar-refractivity contribution is 7.11. The Hall–Kier alpha value is -0.340. The van der Waals surface area contributed by atoms with Crippen LogP contribution >= 0.6 is 11.3 Å². The second-order valence-corrected chi connectivity index (χ2v) is 7.32. The van der Waals surface area contributed by atoms with Crippen LogP contribution in [0.15, 0.2) is 12.1 Å². The zero-order valence-corrected chi connectivity index (χ0v) is 12.7. The first-order chi connectivity index (χ1) is 8.60. The number of aliphatic hydroxyl groups excluding tert-OH is 1. The highest BCUT2D eigenvalue weighted by Gasteiger charge is 2.30. The summed E-state index contributed by atoms with van der Waals surface area (Å²) in [5.74, 6) is 2.05. The van der Waals surface area contributed by atoms with E-state index < -0.39 is 0 Å². The van der Waals surface area contributed by atoms with Gasteiger partial charge in [-0.2, -0.15) is 0 Å². The highest BCUT2D eigenvalue weighted by atomic mass is 32.1. The van der Waals surface area contributed by atoms with Crippen LogP contribution in [-0.2, 0) is 12.8 Å². The molecule has 1 nitrogen and oxygen atoms in total. The Balaban J connectivity index is 1.97. The van der Waals surface area contributed by atoms with Crippen LogP contribution in [0.1, 0.15) is 49.8 Å². The molecule has 1 aromatic rings. The van der Waals surface area contributed by atoms with Crippen LogP contribution in [0.5, 0.6) is 0 Å². The predicted molar refractivity (Wildman–Crippen MR) is 79.1 cm³/mol. The van der Waals surface area contributed by atoms with Crippen molar-refractivity contribution in [1.29, 1.82) is 0 Å². The summed E-state index contributed by atoms with van der Waals surface area (Å²) < 4.78 is 0. The van der Waals surface area contributed by atoms with Crippen LogP contribution in [0.2, 0.25) is 0 Å². The Morgan fingerprint density at radius 1 is 1.28 bits per heavy atom. The monoisotopic (exact) mass is 266 g/mol. The lowest BCUT2D eigenvalue weighted by atomic mass is 9.73. The first kappa shape index (κ1) is 14.1. The molecule has 2 heteroatoms. The summed E-state index contributed by atoms with van der Waals surface area (Å²) in [5.41, 5.74) is 0. The number of thiophene rings is 1. The van der Waals surface area contributed by atoms with Crippen molar-refractivity contribution in [2.24, 2.45) is 17.8 Å². The van der Waals surface area contributed by atoms with Crippen LogP contribution < -0.4 is 0 Å². The molecule has 0 saturated heterocycles. The zero-order chi connectivity index (χ0) is 13.1. The summed E-state index contributed by atoms with van der Waals surface area (Å²) in [6.07, 6.45) is 5.55. The van der Waals surface area contributed by atoms with Gasteiger partial charge in [-0.05, 0) is 62.0 Å². The van der Waals surface area contributed by atoms with Gasteiger partial charge in [0.1, 0.15) is 0 Å². The van der Waals surface area contributed by atoms with Gasteiger partial charge in [0, 0.05) is 9.75 Å². The first-order valence-corrected chi connectivity index (χ1v) is 8.17. The molecule has 3 atom stereocenters. The van der Waals surface area contributed by atoms with E-state index in [9.17, 15) is 5.11 Å². The molecule has 1 aliphatic carbocycles. The fraction of sp³-hybridized carbons (Fsp3) is 0.750. The molecule has 0 bridgehead atoms. The Labute approximate surface area is 115 Å². The van der Waals surface area contributed by atoms with Gasteiger partial charge in [-0.15, -0.1) is 11.3 Å². The maximum absolute atomic E-state index is 10.2. The molecule has 1 aromatic heterocycles. The Morgan fingerprint density at radius 3 is 2.61 bits per heavy atom. The normalized spacial score (nSPS) is 28.8. The third-order valence-electron chi connectivity index (χ3n) is 4.45. The average molecular weight is 266 g/mol. The summed E-state index contributed by atoms with van der Waals surface area (Å²) in [5, 5.41) is 10.2. The van der Waals surface area contributed by atoms with Gasteiger partial charge < -0.3 is 5.11 Å². The quantitative estimate of drug-likeness (QED) is 0.862. The number of rotatable bonds is 4. The molecule has 0 aromatic carbocycles. The predicted octanol–water partition coefficient (Wildman–Crippen LogP) is 4.29. The molecule has 1 aliphatic rings. The largest absolute Gasteiger partial charge is 0.393 e. The van der Waals surface area contributed by atoms with Crippen LogP contribution in [0.3, 0.4) is 0 Å². The molecule has 0 aliphatic heterocycles. The molecule has 0 spiro atoms. The molecular weight excluding hydrogens is 240 g/mol. The minimum absolute atomic E-state index is 0.0767. The van der Waals surface area contributed by atoms with E-state index in [1.54, 1.807) is 0 Å². The van der Waals surface area contributed by atoms with Crippen LogP contribution in [0, 0.1) is 17.8 Å². The van der Waals surface area contributed by atoms with Gasteiger partial charge in [-0.25, -0.2) is 0 Å². The SMILES string of the molecule is CCc1ccc(CC2CC(C(C)C)CCC2O)s1. The van der Waals surface area contributed by atoms with E-state index in [1.165, 1.54) is 22.6 Å². The second kappa shape index (κ2) is 6.21. The lowest BCUT2D eigenvalue weighted by Crippen LogP contribution is -2.32. The Morgan fingerprint density at radius 2 is 2.00 bits per heavy atom. The van der Waals surface area contributed by atoms with Crippen molar-refractivity contribution in [1.82, 2.24) is 0 Å². The van der Waals surface area contributed by atoms with Crippen molar-refractivity contribution in [3.63, 3.8) is 0 Å². The summed E-state index contributed by atoms with van der Waals surface area (Å²) in [6, 6.07) is 4.50. The van der Waals surface area contributed by atoms with E-state index in [2.05, 4.69) is 32.9 Å². The molecule has 2 rings (SSSR count). The van der Waals surface area contributed by atoms with E-state index in [-0.39, 0.29) is 6.10 Å². The first-order valence-electron chi connectivity index (χ1n) is 7.35. The molecule has 1 heterocycles. The molecular formula is C16H26OS. The highest BCUT2D eigenvalue weighted by Crippen LogP contribution is 2.36. The average Bonchev–Trinajstić information content (AvgIpc) is 2.79. The van der Waals surface area contributed by atoms with Crippen molar-refractivity contribution >= 4 is 11.3 Å². The summed E-state index contributed by atoms with van der Waals surface area (Å²) in [7, 11) is 0. The van der Waals surface area contributed by atoms with Crippen LogP contribution in [0.4, 0.5) is 0 Å². The number of hydrogen-bond acceptors (Lipinski definition) is 2. The Bertz CT molecular complexity index is 369. The second-order valence-electron chi connectivity index (χ2n) is 6.07. The molecule has 0 radical (unpaired) electrons. The van der Waals surface area contributed by atoms with E-state index in [0.29, 0.717) is 5.92 Å². The lowest BCUT2D eigenvalue weighted by Gasteiger charge is -2.35. The minimum atomic E-state index is -0.0767. The van der Waals surface area contributed by atoms with Gasteiger partial charge in [0.25, 0.3) is 0 Å². The van der Waals surface area contributed by atoms with E-state index in [0.717, 1.165) is 31.1 Å². The van der Waals surface area contributed by atoms with Gasteiger partial charge >= 0.3 is 0 Å². The lowest BCUT2D eigenvalue weighted by molar-refractivity contribution is 0.0382. The molecule has 102 valence electrons. The number of aryl methyl sites for hydroxylation is 1. The van der Waals surface area contributed by atoms with E-state index >= 15 is 0 Å². The van der Waals surface area contributed by atoms with Gasteiger partial charge in [-0.3, -0.25) is 0 Å². The van der Waals surface area contributed by atoms with Crippen molar-refractivity contribution in [3.05, 3.63) is 21.9 Å². The third-order valence-corrected chi connectivity index (χ3v) is 5.71. The van der Waals surface area contributed by atoms with Gasteiger partial charge in [0.05, 0.1) is 6.10 Å². The fourth-order valence-corrected chi connectivity index (χ4v) is 4.14. The zero-order valence-electron chi connectivity index (χ0n) is 11.9. The van der Waals surface area contributed by atoms with Crippen LogP contribution in [0.25, 0.3) is 0 Å². The Kier molecular flexibility index (Phi) is 4.85. The third kappa shape index (κ3) is 3.36. The molecule has 3 unspecified atom stereocenters. The number of hydrogen-bond donors (Lipinski definition) is 1. The van der Waals surface area contributed by atoms with Crippen molar-refractivity contribution in [3.8, 4) is 0 Å². The van der Waals surface area contributed by atoms with E-state index in [4.69, 9.17) is 0 Å². The van der Waals surface area contributed by atoms with Gasteiger partial charge in [0.2, 0.25) is 0 Å². The molecule has 1 N–H and O–H groups in total. The van der Waals surface area contributed by atoms with Crippen molar-refractivity contribution in [2.45, 2.75) is 59.0 Å². The minimum Gasteiger partial charge on any atom is -0.393 e. The summed E-state index contributed by atoms with van der Waals surface area (Å²) >= 11 is 1.93. The smallest absolute Gasteiger partial charge is 0.0572 e.